The normalized spacial score (nSPS) is 17.4. The number of hydrogen-bond donors (Lipinski definition) is 1. The topological polar surface area (TPSA) is 65.4 Å². The first kappa shape index (κ1) is 18.1. The maximum Gasteiger partial charge on any atom is 0.227 e. The summed E-state index contributed by atoms with van der Waals surface area (Å²) in [5.41, 5.74) is 2.96. The van der Waals surface area contributed by atoms with Crippen molar-refractivity contribution in [2.45, 2.75) is 25.5 Å². The number of nitrogens with one attached hydrogen (secondary N) is 1. The van der Waals surface area contributed by atoms with Crippen LogP contribution in [0.2, 0.25) is 0 Å². The fourth-order valence-corrected chi connectivity index (χ4v) is 3.11. The number of nitriles is 1. The molecule has 0 spiro atoms. The van der Waals surface area contributed by atoms with Crippen molar-refractivity contribution < 1.29 is 9.53 Å². The van der Waals surface area contributed by atoms with Gasteiger partial charge < -0.3 is 10.1 Å². The first-order chi connectivity index (χ1) is 12.7. The Morgan fingerprint density at radius 1 is 1.15 bits per heavy atom. The molecule has 5 nitrogen and oxygen atoms in total. The van der Waals surface area contributed by atoms with Crippen LogP contribution in [-0.2, 0) is 22.5 Å². The third-order valence-electron chi connectivity index (χ3n) is 4.41. The van der Waals surface area contributed by atoms with E-state index >= 15 is 0 Å². The molecule has 3 rings (SSSR count). The summed E-state index contributed by atoms with van der Waals surface area (Å²) in [6.45, 7) is 3.16. The largest absolute Gasteiger partial charge is 0.375 e. The van der Waals surface area contributed by atoms with Crippen molar-refractivity contribution in [2.24, 2.45) is 0 Å². The predicted octanol–water partition coefficient (Wildman–Crippen LogP) is 2.98. The van der Waals surface area contributed by atoms with Crippen molar-refractivity contribution in [1.29, 1.82) is 5.26 Å². The lowest BCUT2D eigenvalue weighted by Gasteiger charge is -2.32. The molecule has 0 bridgehead atoms. The van der Waals surface area contributed by atoms with Gasteiger partial charge in [0.15, 0.2) is 0 Å². The van der Waals surface area contributed by atoms with E-state index in [4.69, 9.17) is 10.00 Å². The van der Waals surface area contributed by atoms with Gasteiger partial charge in [0.25, 0.3) is 0 Å². The van der Waals surface area contributed by atoms with Crippen molar-refractivity contribution in [3.63, 3.8) is 0 Å². The average molecular weight is 349 g/mol. The monoisotopic (exact) mass is 349 g/mol. The van der Waals surface area contributed by atoms with Crippen molar-refractivity contribution in [1.82, 2.24) is 4.90 Å². The fourth-order valence-electron chi connectivity index (χ4n) is 3.11. The molecule has 2 aromatic carbocycles. The van der Waals surface area contributed by atoms with Gasteiger partial charge in [0.1, 0.15) is 0 Å². The van der Waals surface area contributed by atoms with Crippen molar-refractivity contribution in [3.8, 4) is 6.07 Å². The maximum absolute atomic E-state index is 12.3. The maximum atomic E-state index is 12.3. The highest BCUT2D eigenvalue weighted by Gasteiger charge is 2.23. The van der Waals surface area contributed by atoms with Gasteiger partial charge in [-0.15, -0.1) is 0 Å². The quantitative estimate of drug-likeness (QED) is 0.871. The van der Waals surface area contributed by atoms with E-state index in [-0.39, 0.29) is 12.0 Å². The first-order valence-electron chi connectivity index (χ1n) is 8.86. The second-order valence-corrected chi connectivity index (χ2v) is 6.50. The minimum atomic E-state index is -0.0923. The van der Waals surface area contributed by atoms with Gasteiger partial charge in [-0.2, -0.15) is 5.26 Å². The van der Waals surface area contributed by atoms with Gasteiger partial charge in [-0.1, -0.05) is 42.5 Å². The van der Waals surface area contributed by atoms with Crippen LogP contribution in [0.15, 0.2) is 54.6 Å². The molecule has 5 heteroatoms. The van der Waals surface area contributed by atoms with Gasteiger partial charge in [0.2, 0.25) is 5.91 Å². The smallest absolute Gasteiger partial charge is 0.227 e. The molecular weight excluding hydrogens is 326 g/mol. The van der Waals surface area contributed by atoms with E-state index in [1.165, 1.54) is 5.56 Å². The molecule has 1 aliphatic rings. The van der Waals surface area contributed by atoms with Crippen molar-refractivity contribution in [2.75, 3.05) is 25.0 Å². The Morgan fingerprint density at radius 3 is 2.65 bits per heavy atom. The summed E-state index contributed by atoms with van der Waals surface area (Å²) in [6, 6.07) is 19.8. The number of rotatable bonds is 6. The van der Waals surface area contributed by atoms with E-state index in [1.807, 2.05) is 42.5 Å². The summed E-state index contributed by atoms with van der Waals surface area (Å²) in [4.78, 5) is 14.6. The molecule has 26 heavy (non-hydrogen) atoms. The van der Waals surface area contributed by atoms with Crippen LogP contribution in [0.4, 0.5) is 5.69 Å². The Balaban J connectivity index is 1.48. The van der Waals surface area contributed by atoms with E-state index < -0.39 is 0 Å². The van der Waals surface area contributed by atoms with E-state index in [2.05, 4.69) is 28.4 Å². The minimum absolute atomic E-state index is 0.0513. The van der Waals surface area contributed by atoms with Crippen molar-refractivity contribution in [3.05, 3.63) is 65.7 Å². The molecule has 2 aromatic rings. The Labute approximate surface area is 154 Å². The summed E-state index contributed by atoms with van der Waals surface area (Å²) < 4.78 is 5.77. The zero-order chi connectivity index (χ0) is 18.2. The van der Waals surface area contributed by atoms with Crippen LogP contribution in [0, 0.1) is 11.3 Å². The first-order valence-corrected chi connectivity index (χ1v) is 8.86. The highest BCUT2D eigenvalue weighted by molar-refractivity contribution is 5.91. The molecular formula is C21H23N3O2. The zero-order valence-electron chi connectivity index (χ0n) is 14.7. The zero-order valence-corrected chi connectivity index (χ0v) is 14.7. The molecule has 0 aromatic heterocycles. The minimum Gasteiger partial charge on any atom is -0.375 e. The number of carbonyl (C=O) groups excluding carboxylic acids is 1. The predicted molar refractivity (Wildman–Crippen MR) is 100 cm³/mol. The lowest BCUT2D eigenvalue weighted by atomic mass is 10.1. The number of amides is 1. The summed E-state index contributed by atoms with van der Waals surface area (Å²) in [5.74, 6) is -0.0513. The summed E-state index contributed by atoms with van der Waals surface area (Å²) in [5, 5.41) is 11.6. The second-order valence-electron chi connectivity index (χ2n) is 6.50. The van der Waals surface area contributed by atoms with Crippen LogP contribution in [0.1, 0.15) is 17.5 Å². The summed E-state index contributed by atoms with van der Waals surface area (Å²) >= 11 is 0. The number of anilines is 1. The molecule has 1 aliphatic heterocycles. The Bertz CT molecular complexity index is 753. The Morgan fingerprint density at radius 2 is 1.92 bits per heavy atom. The number of morpholine rings is 1. The van der Waals surface area contributed by atoms with E-state index in [0.717, 1.165) is 30.9 Å². The van der Waals surface area contributed by atoms with Gasteiger partial charge in [0.05, 0.1) is 31.6 Å². The fraction of sp³-hybridized carbons (Fsp3) is 0.333. The molecule has 134 valence electrons. The lowest BCUT2D eigenvalue weighted by molar-refractivity contribution is -0.121. The average Bonchev–Trinajstić information content (AvgIpc) is 2.65. The number of carbonyl (C=O) groups is 1. The van der Waals surface area contributed by atoms with Gasteiger partial charge in [-0.3, -0.25) is 9.69 Å². The number of ether oxygens (including phenoxy) is 1. The summed E-state index contributed by atoms with van der Waals surface area (Å²) in [7, 11) is 0. The van der Waals surface area contributed by atoms with Crippen LogP contribution in [0.25, 0.3) is 0 Å². The van der Waals surface area contributed by atoms with Gasteiger partial charge in [-0.05, 0) is 23.3 Å². The summed E-state index contributed by atoms with van der Waals surface area (Å²) in [6.07, 6.45) is 0.623. The number of nitrogens with zero attached hydrogens (tertiary/aromatic N) is 2. The lowest BCUT2D eigenvalue weighted by Crippen LogP contribution is -2.43. The van der Waals surface area contributed by atoms with Gasteiger partial charge in [0, 0.05) is 25.3 Å². The molecule has 0 aliphatic carbocycles. The van der Waals surface area contributed by atoms with Crippen LogP contribution in [-0.4, -0.2) is 36.6 Å². The molecule has 0 unspecified atom stereocenters. The molecule has 1 N–H and O–H groups in total. The van der Waals surface area contributed by atoms with E-state index in [0.29, 0.717) is 19.4 Å². The molecule has 1 heterocycles. The highest BCUT2D eigenvalue weighted by Crippen LogP contribution is 2.15. The van der Waals surface area contributed by atoms with Gasteiger partial charge >= 0.3 is 0 Å². The number of benzene rings is 2. The van der Waals surface area contributed by atoms with Crippen LogP contribution < -0.4 is 5.32 Å². The highest BCUT2D eigenvalue weighted by atomic mass is 16.5. The number of hydrogen-bond acceptors (Lipinski definition) is 4. The van der Waals surface area contributed by atoms with E-state index in [1.54, 1.807) is 0 Å². The van der Waals surface area contributed by atoms with Crippen LogP contribution in [0.3, 0.4) is 0 Å². The van der Waals surface area contributed by atoms with Gasteiger partial charge in [-0.25, -0.2) is 0 Å². The third-order valence-corrected chi connectivity index (χ3v) is 4.41. The molecule has 1 amide bonds. The molecule has 0 saturated carbocycles. The second kappa shape index (κ2) is 9.14. The molecule has 1 atom stereocenters. The SMILES string of the molecule is N#CCc1ccc(NC(=O)C[C@H]2CN(Cc3ccccc3)CCO2)cc1. The van der Waals surface area contributed by atoms with Crippen LogP contribution >= 0.6 is 0 Å². The Hall–Kier alpha value is -2.68. The molecule has 1 saturated heterocycles. The Kier molecular flexibility index (Phi) is 6.37. The standard InChI is InChI=1S/C21H23N3O2/c22-11-10-17-6-8-19(9-7-17)23-21(25)14-20-16-24(12-13-26-20)15-18-4-2-1-3-5-18/h1-9,20H,10,12-16H2,(H,23,25)/t20-/m0/s1. The third kappa shape index (κ3) is 5.41. The van der Waals surface area contributed by atoms with E-state index in [9.17, 15) is 4.79 Å². The van der Waals surface area contributed by atoms with Crippen molar-refractivity contribution >= 4 is 11.6 Å². The molecule has 1 fully saturated rings. The molecule has 0 radical (unpaired) electrons. The van der Waals surface area contributed by atoms with Crippen LogP contribution in [0.5, 0.6) is 0 Å².